The molecule has 0 amide bonds. The van der Waals surface area contributed by atoms with E-state index in [1.165, 1.54) is 12.1 Å². The molecule has 0 unspecified atom stereocenters. The fraction of sp³-hybridized carbons (Fsp3) is 0.235. The van der Waals surface area contributed by atoms with Crippen LogP contribution in [0.3, 0.4) is 0 Å². The van der Waals surface area contributed by atoms with Gasteiger partial charge in [0.2, 0.25) is 0 Å². The molecule has 4 rings (SSSR count). The minimum Gasteiger partial charge on any atom is -0.317 e. The SMILES string of the molecule is N=c1sc2cc(C(F)(F)F)cc3c2n1CC[C@@H]3c1ccccc1. The number of hydrogen-bond acceptors (Lipinski definition) is 2. The van der Waals surface area contributed by atoms with Crippen molar-refractivity contribution in [1.82, 2.24) is 4.57 Å². The Labute approximate surface area is 134 Å². The first-order valence-electron chi connectivity index (χ1n) is 7.29. The Morgan fingerprint density at radius 1 is 1.13 bits per heavy atom. The van der Waals surface area contributed by atoms with E-state index < -0.39 is 11.7 Å². The van der Waals surface area contributed by atoms with Crippen LogP contribution in [0, 0.1) is 5.41 Å². The molecule has 0 saturated carbocycles. The zero-order valence-corrected chi connectivity index (χ0v) is 12.8. The molecule has 0 radical (unpaired) electrons. The van der Waals surface area contributed by atoms with Crippen LogP contribution in [0.5, 0.6) is 0 Å². The highest BCUT2D eigenvalue weighted by Gasteiger charge is 2.34. The van der Waals surface area contributed by atoms with Gasteiger partial charge < -0.3 is 4.57 Å². The number of aryl methyl sites for hydroxylation is 1. The zero-order chi connectivity index (χ0) is 16.2. The smallest absolute Gasteiger partial charge is 0.317 e. The van der Waals surface area contributed by atoms with E-state index in [4.69, 9.17) is 5.41 Å². The van der Waals surface area contributed by atoms with E-state index in [0.717, 1.165) is 22.4 Å². The van der Waals surface area contributed by atoms with E-state index in [0.29, 0.717) is 28.0 Å². The third kappa shape index (κ3) is 2.28. The average Bonchev–Trinajstić information content (AvgIpc) is 2.85. The third-order valence-electron chi connectivity index (χ3n) is 4.37. The third-order valence-corrected chi connectivity index (χ3v) is 5.32. The Morgan fingerprint density at radius 3 is 2.57 bits per heavy atom. The number of alkyl halides is 3. The van der Waals surface area contributed by atoms with Crippen molar-refractivity contribution in [3.63, 3.8) is 0 Å². The van der Waals surface area contributed by atoms with E-state index in [9.17, 15) is 13.2 Å². The normalized spacial score (nSPS) is 17.6. The Balaban J connectivity index is 2.02. The first-order chi connectivity index (χ1) is 10.9. The Kier molecular flexibility index (Phi) is 3.13. The molecule has 0 saturated heterocycles. The topological polar surface area (TPSA) is 28.8 Å². The molecule has 3 aromatic rings. The van der Waals surface area contributed by atoms with Gasteiger partial charge in [-0.3, -0.25) is 5.41 Å². The maximum atomic E-state index is 13.2. The molecule has 118 valence electrons. The van der Waals surface area contributed by atoms with Gasteiger partial charge in [-0.2, -0.15) is 13.2 Å². The summed E-state index contributed by atoms with van der Waals surface area (Å²) in [6.45, 7) is 0.663. The second-order valence-electron chi connectivity index (χ2n) is 5.72. The Bertz CT molecular complexity index is 938. The maximum absolute atomic E-state index is 13.2. The largest absolute Gasteiger partial charge is 0.416 e. The summed E-state index contributed by atoms with van der Waals surface area (Å²) in [6.07, 6.45) is -3.67. The number of rotatable bonds is 1. The second kappa shape index (κ2) is 4.96. The van der Waals surface area contributed by atoms with E-state index in [1.54, 1.807) is 0 Å². The van der Waals surface area contributed by atoms with Gasteiger partial charge in [0.15, 0.2) is 4.80 Å². The summed E-state index contributed by atoms with van der Waals surface area (Å²) in [5, 5.41) is 8.03. The van der Waals surface area contributed by atoms with Crippen LogP contribution in [-0.2, 0) is 12.7 Å². The predicted octanol–water partition coefficient (Wildman–Crippen LogP) is 4.74. The van der Waals surface area contributed by atoms with Crippen LogP contribution in [-0.4, -0.2) is 4.57 Å². The lowest BCUT2D eigenvalue weighted by Crippen LogP contribution is -2.21. The van der Waals surface area contributed by atoms with Gasteiger partial charge in [-0.05, 0) is 29.7 Å². The molecule has 23 heavy (non-hydrogen) atoms. The minimum absolute atomic E-state index is 0.0602. The van der Waals surface area contributed by atoms with E-state index in [-0.39, 0.29) is 5.92 Å². The first kappa shape index (κ1) is 14.5. The molecule has 1 atom stereocenters. The van der Waals surface area contributed by atoms with Crippen molar-refractivity contribution in [2.45, 2.75) is 25.1 Å². The molecule has 1 N–H and O–H groups in total. The second-order valence-corrected chi connectivity index (χ2v) is 6.75. The van der Waals surface area contributed by atoms with Crippen molar-refractivity contribution in [2.75, 3.05) is 0 Å². The molecule has 0 fully saturated rings. The summed E-state index contributed by atoms with van der Waals surface area (Å²) >= 11 is 1.11. The van der Waals surface area contributed by atoms with Crippen molar-refractivity contribution < 1.29 is 13.2 Å². The van der Waals surface area contributed by atoms with E-state index in [1.807, 2.05) is 34.9 Å². The zero-order valence-electron chi connectivity index (χ0n) is 12.0. The van der Waals surface area contributed by atoms with Gasteiger partial charge >= 0.3 is 6.18 Å². The molecule has 0 bridgehead atoms. The molecule has 2 aromatic carbocycles. The monoisotopic (exact) mass is 334 g/mol. The van der Waals surface area contributed by atoms with Crippen LogP contribution in [0.1, 0.15) is 29.0 Å². The lowest BCUT2D eigenvalue weighted by atomic mass is 9.85. The van der Waals surface area contributed by atoms with Crippen LogP contribution in [0.15, 0.2) is 42.5 Å². The molecule has 2 nitrogen and oxygen atoms in total. The lowest BCUT2D eigenvalue weighted by Gasteiger charge is -2.26. The Hall–Kier alpha value is -2.08. The molecule has 0 spiro atoms. The van der Waals surface area contributed by atoms with Crippen molar-refractivity contribution in [3.8, 4) is 0 Å². The molecule has 6 heteroatoms. The van der Waals surface area contributed by atoms with Gasteiger partial charge in [-0.1, -0.05) is 41.7 Å². The maximum Gasteiger partial charge on any atom is 0.416 e. The molecular formula is C17H13F3N2S. The highest BCUT2D eigenvalue weighted by molar-refractivity contribution is 7.16. The molecular weight excluding hydrogens is 321 g/mol. The van der Waals surface area contributed by atoms with Gasteiger partial charge in [-0.25, -0.2) is 0 Å². The summed E-state index contributed by atoms with van der Waals surface area (Å²) in [6, 6.07) is 12.1. The summed E-state index contributed by atoms with van der Waals surface area (Å²) in [7, 11) is 0. The van der Waals surface area contributed by atoms with Crippen molar-refractivity contribution in [2.24, 2.45) is 0 Å². The quantitative estimate of drug-likeness (QED) is 0.666. The fourth-order valence-corrected chi connectivity index (χ4v) is 4.36. The van der Waals surface area contributed by atoms with Crippen molar-refractivity contribution in [3.05, 3.63) is 64.0 Å². The van der Waals surface area contributed by atoms with Gasteiger partial charge in [0, 0.05) is 12.5 Å². The molecule has 1 aromatic heterocycles. The van der Waals surface area contributed by atoms with Crippen LogP contribution >= 0.6 is 11.3 Å². The summed E-state index contributed by atoms with van der Waals surface area (Å²) in [5.41, 5.74) is 1.86. The Morgan fingerprint density at radius 2 is 1.87 bits per heavy atom. The fourth-order valence-electron chi connectivity index (χ4n) is 3.34. The van der Waals surface area contributed by atoms with Gasteiger partial charge in [0.25, 0.3) is 0 Å². The number of hydrogen-bond donors (Lipinski definition) is 1. The van der Waals surface area contributed by atoms with Crippen LogP contribution in [0.4, 0.5) is 13.2 Å². The van der Waals surface area contributed by atoms with Gasteiger partial charge in [0.05, 0.1) is 15.8 Å². The van der Waals surface area contributed by atoms with Crippen molar-refractivity contribution in [1.29, 1.82) is 5.41 Å². The van der Waals surface area contributed by atoms with Crippen LogP contribution in [0.2, 0.25) is 0 Å². The molecule has 1 aliphatic rings. The molecule has 1 aliphatic heterocycles. The van der Waals surface area contributed by atoms with E-state index in [2.05, 4.69) is 0 Å². The van der Waals surface area contributed by atoms with Crippen LogP contribution in [0.25, 0.3) is 10.2 Å². The number of halogens is 3. The lowest BCUT2D eigenvalue weighted by molar-refractivity contribution is -0.137. The summed E-state index contributed by atoms with van der Waals surface area (Å²) in [5.74, 6) is -0.0602. The molecule has 2 heterocycles. The minimum atomic E-state index is -4.37. The van der Waals surface area contributed by atoms with E-state index >= 15 is 0 Å². The number of nitrogens with one attached hydrogen (secondary N) is 1. The standard InChI is InChI=1S/C17H13F3N2S/c18-17(19,20)11-8-13-12(10-4-2-1-3-5-10)6-7-22-15(13)14(9-11)23-16(22)21/h1-5,8-9,12,21H,6-7H2/t12-/m1/s1. The summed E-state index contributed by atoms with van der Waals surface area (Å²) < 4.78 is 42.1. The summed E-state index contributed by atoms with van der Waals surface area (Å²) in [4.78, 5) is 0.312. The number of benzene rings is 2. The van der Waals surface area contributed by atoms with Crippen LogP contribution < -0.4 is 4.80 Å². The van der Waals surface area contributed by atoms with Crippen molar-refractivity contribution >= 4 is 21.6 Å². The average molecular weight is 334 g/mol. The number of aromatic nitrogens is 1. The highest BCUT2D eigenvalue weighted by atomic mass is 32.1. The predicted molar refractivity (Wildman–Crippen MR) is 83.6 cm³/mol. The first-order valence-corrected chi connectivity index (χ1v) is 8.11. The number of nitrogens with zero attached hydrogens (tertiary/aromatic N) is 1. The highest BCUT2D eigenvalue weighted by Crippen LogP contribution is 2.42. The van der Waals surface area contributed by atoms with Gasteiger partial charge in [-0.15, -0.1) is 0 Å². The van der Waals surface area contributed by atoms with Gasteiger partial charge in [0.1, 0.15) is 0 Å². The molecule has 0 aliphatic carbocycles. The number of thiazole rings is 1.